The van der Waals surface area contributed by atoms with Gasteiger partial charge in [0.15, 0.2) is 0 Å². The van der Waals surface area contributed by atoms with Crippen molar-refractivity contribution in [1.82, 2.24) is 0 Å². The third-order valence-corrected chi connectivity index (χ3v) is 2.71. The maximum atomic E-state index is 11.5. The molecule has 0 fully saturated rings. The summed E-state index contributed by atoms with van der Waals surface area (Å²) in [7, 11) is 0. The molecule has 0 unspecified atom stereocenters. The number of hydrogen-bond acceptors (Lipinski definition) is 3. The molecule has 0 aliphatic rings. The summed E-state index contributed by atoms with van der Waals surface area (Å²) in [6.07, 6.45) is 0.205. The van der Waals surface area contributed by atoms with Crippen molar-refractivity contribution in [2.24, 2.45) is 0 Å². The topological polar surface area (TPSA) is 38.3 Å². The molecule has 0 radical (unpaired) electrons. The van der Waals surface area contributed by atoms with Crippen LogP contribution >= 0.6 is 22.9 Å². The van der Waals surface area contributed by atoms with Crippen molar-refractivity contribution in [3.8, 4) is 11.8 Å². The Morgan fingerprint density at radius 2 is 2.28 bits per heavy atom. The van der Waals surface area contributed by atoms with E-state index in [1.54, 1.807) is 0 Å². The Morgan fingerprint density at radius 1 is 1.56 bits per heavy atom. The predicted molar refractivity (Wildman–Crippen MR) is 76.4 cm³/mol. The first kappa shape index (κ1) is 14.9. The summed E-state index contributed by atoms with van der Waals surface area (Å²) in [6, 6.07) is 1.82. The molecular weight excluding hydrogens is 270 g/mol. The van der Waals surface area contributed by atoms with Crippen LogP contribution in [0.2, 0.25) is 0 Å². The number of amides is 1. The number of anilines is 1. The minimum absolute atomic E-state index is 0.454. The summed E-state index contributed by atoms with van der Waals surface area (Å²) in [5.41, 5.74) is 0.376. The van der Waals surface area contributed by atoms with Crippen molar-refractivity contribution in [1.29, 1.82) is 0 Å². The minimum atomic E-state index is -0.496. The number of carbonyl (C=O) groups excluding carboxylic acids is 1. The quantitative estimate of drug-likeness (QED) is 0.657. The van der Waals surface area contributed by atoms with Crippen molar-refractivity contribution < 1.29 is 9.53 Å². The van der Waals surface area contributed by atoms with Crippen molar-refractivity contribution in [2.45, 2.75) is 32.8 Å². The van der Waals surface area contributed by atoms with Gasteiger partial charge in [0.1, 0.15) is 5.60 Å². The van der Waals surface area contributed by atoms with E-state index in [0.29, 0.717) is 12.3 Å². The van der Waals surface area contributed by atoms with E-state index in [4.69, 9.17) is 16.3 Å². The highest BCUT2D eigenvalue weighted by atomic mass is 35.5. The van der Waals surface area contributed by atoms with Crippen LogP contribution in [0.4, 0.5) is 9.80 Å². The molecule has 0 atom stereocenters. The van der Waals surface area contributed by atoms with Crippen LogP contribution in [0.15, 0.2) is 11.4 Å². The van der Waals surface area contributed by atoms with Crippen molar-refractivity contribution in [3.63, 3.8) is 0 Å². The number of rotatable bonds is 2. The molecule has 0 aromatic carbocycles. The molecule has 0 aliphatic heterocycles. The Morgan fingerprint density at radius 3 is 2.89 bits per heavy atom. The van der Waals surface area contributed by atoms with Gasteiger partial charge in [-0.3, -0.25) is 5.32 Å². The van der Waals surface area contributed by atoms with Crippen LogP contribution in [-0.2, 0) is 4.74 Å². The lowest BCUT2D eigenvalue weighted by molar-refractivity contribution is 0.0636. The van der Waals surface area contributed by atoms with E-state index in [0.717, 1.165) is 10.6 Å². The fourth-order valence-electron chi connectivity index (χ4n) is 1.08. The Bertz CT molecular complexity index is 465. The van der Waals surface area contributed by atoms with E-state index >= 15 is 0 Å². The Kier molecular flexibility index (Phi) is 5.52. The molecule has 1 N–H and O–H groups in total. The van der Waals surface area contributed by atoms with Gasteiger partial charge < -0.3 is 4.74 Å². The van der Waals surface area contributed by atoms with Gasteiger partial charge in [-0.25, -0.2) is 4.79 Å². The molecule has 0 spiro atoms. The summed E-state index contributed by atoms with van der Waals surface area (Å²) < 4.78 is 5.15. The Labute approximate surface area is 116 Å². The standard InChI is InChI=1S/C13H16ClNO2S/c1-13(2,3)17-12(16)15-11-8-10(9-18-11)6-4-5-7-14/h8-9H,5,7H2,1-3H3,(H,15,16). The molecule has 1 aromatic rings. The lowest BCUT2D eigenvalue weighted by Crippen LogP contribution is -2.26. The van der Waals surface area contributed by atoms with Crippen LogP contribution in [0.5, 0.6) is 0 Å². The number of halogens is 1. The lowest BCUT2D eigenvalue weighted by atomic mass is 10.2. The van der Waals surface area contributed by atoms with E-state index in [1.807, 2.05) is 32.2 Å². The van der Waals surface area contributed by atoms with Crippen LogP contribution in [0.1, 0.15) is 32.8 Å². The average molecular weight is 286 g/mol. The van der Waals surface area contributed by atoms with Gasteiger partial charge in [0.05, 0.1) is 5.00 Å². The van der Waals surface area contributed by atoms with Gasteiger partial charge in [-0.05, 0) is 26.8 Å². The third-order valence-electron chi connectivity index (χ3n) is 1.68. The second kappa shape index (κ2) is 6.67. The van der Waals surface area contributed by atoms with Crippen LogP contribution in [0.25, 0.3) is 0 Å². The molecule has 1 amide bonds. The highest BCUT2D eigenvalue weighted by Gasteiger charge is 2.16. The van der Waals surface area contributed by atoms with Crippen LogP contribution in [0, 0.1) is 11.8 Å². The maximum Gasteiger partial charge on any atom is 0.412 e. The number of carbonyl (C=O) groups is 1. The van der Waals surface area contributed by atoms with Gasteiger partial charge in [0.25, 0.3) is 0 Å². The van der Waals surface area contributed by atoms with Crippen LogP contribution < -0.4 is 5.32 Å². The van der Waals surface area contributed by atoms with Crippen molar-refractivity contribution >= 4 is 34.0 Å². The van der Waals surface area contributed by atoms with Gasteiger partial charge in [-0.15, -0.1) is 22.9 Å². The zero-order valence-corrected chi connectivity index (χ0v) is 12.2. The number of alkyl halides is 1. The molecule has 0 saturated heterocycles. The number of ether oxygens (including phenoxy) is 1. The van der Waals surface area contributed by atoms with Crippen molar-refractivity contribution in [2.75, 3.05) is 11.2 Å². The zero-order valence-electron chi connectivity index (χ0n) is 10.7. The predicted octanol–water partition coefficient (Wildman–Crippen LogP) is 4.08. The van der Waals surface area contributed by atoms with E-state index in [2.05, 4.69) is 17.2 Å². The highest BCUT2D eigenvalue weighted by Crippen LogP contribution is 2.20. The van der Waals surface area contributed by atoms with Crippen LogP contribution in [-0.4, -0.2) is 17.6 Å². The summed E-state index contributed by atoms with van der Waals surface area (Å²) >= 11 is 6.94. The zero-order chi connectivity index (χ0) is 13.6. The fourth-order valence-corrected chi connectivity index (χ4v) is 1.90. The minimum Gasteiger partial charge on any atom is -0.444 e. The first-order valence-electron chi connectivity index (χ1n) is 5.54. The molecular formula is C13H16ClNO2S. The number of thiophene rings is 1. The normalized spacial score (nSPS) is 10.4. The van der Waals surface area contributed by atoms with E-state index in [1.165, 1.54) is 11.3 Å². The number of nitrogens with one attached hydrogen (secondary N) is 1. The SMILES string of the molecule is CC(C)(C)OC(=O)Nc1cc(C#CCCCl)cs1. The molecule has 0 aliphatic carbocycles. The Balaban J connectivity index is 2.55. The maximum absolute atomic E-state index is 11.5. The van der Waals surface area contributed by atoms with E-state index < -0.39 is 11.7 Å². The second-order valence-corrected chi connectivity index (χ2v) is 5.86. The summed E-state index contributed by atoms with van der Waals surface area (Å²) in [5.74, 6) is 6.44. The average Bonchev–Trinajstić information content (AvgIpc) is 2.63. The molecule has 1 rings (SSSR count). The van der Waals surface area contributed by atoms with Gasteiger partial charge in [-0.2, -0.15) is 0 Å². The van der Waals surface area contributed by atoms with Crippen molar-refractivity contribution in [3.05, 3.63) is 17.0 Å². The Hall–Kier alpha value is -1.18. The van der Waals surface area contributed by atoms with Gasteiger partial charge >= 0.3 is 6.09 Å². The highest BCUT2D eigenvalue weighted by molar-refractivity contribution is 7.14. The molecule has 3 nitrogen and oxygen atoms in total. The molecule has 18 heavy (non-hydrogen) atoms. The molecule has 1 aromatic heterocycles. The molecule has 1 heterocycles. The fraction of sp³-hybridized carbons (Fsp3) is 0.462. The molecule has 98 valence electrons. The molecule has 0 saturated carbocycles. The lowest BCUT2D eigenvalue weighted by Gasteiger charge is -2.19. The van der Waals surface area contributed by atoms with E-state index in [9.17, 15) is 4.79 Å². The van der Waals surface area contributed by atoms with Gasteiger partial charge in [0.2, 0.25) is 0 Å². The van der Waals surface area contributed by atoms with Gasteiger partial charge in [-0.1, -0.05) is 11.8 Å². The van der Waals surface area contributed by atoms with E-state index in [-0.39, 0.29) is 0 Å². The van der Waals surface area contributed by atoms with Crippen LogP contribution in [0.3, 0.4) is 0 Å². The molecule has 0 bridgehead atoms. The summed E-state index contributed by atoms with van der Waals surface area (Å²) in [6.45, 7) is 5.47. The number of hydrogen-bond donors (Lipinski definition) is 1. The first-order valence-corrected chi connectivity index (χ1v) is 6.95. The summed E-state index contributed by atoms with van der Waals surface area (Å²) in [4.78, 5) is 11.5. The third kappa shape index (κ3) is 5.95. The second-order valence-electron chi connectivity index (χ2n) is 4.57. The smallest absolute Gasteiger partial charge is 0.412 e. The van der Waals surface area contributed by atoms with Gasteiger partial charge in [0, 0.05) is 23.2 Å². The summed E-state index contributed by atoms with van der Waals surface area (Å²) in [5, 5.41) is 5.28. The molecule has 5 heteroatoms. The monoisotopic (exact) mass is 285 g/mol. The largest absolute Gasteiger partial charge is 0.444 e. The first-order chi connectivity index (χ1) is 8.40.